The molecule has 0 aliphatic rings. The van der Waals surface area contributed by atoms with Crippen LogP contribution in [0.2, 0.25) is 0 Å². The highest BCUT2D eigenvalue weighted by Gasteiger charge is 2.39. The molecule has 1 aromatic heterocycles. The number of aryl methyl sites for hydroxylation is 1. The first-order valence-corrected chi connectivity index (χ1v) is 5.21. The van der Waals surface area contributed by atoms with Gasteiger partial charge in [0.25, 0.3) is 0 Å². The molecule has 0 atom stereocenters. The van der Waals surface area contributed by atoms with Gasteiger partial charge in [-0.3, -0.25) is 0 Å². The molecular formula is C9H11F4NS. The van der Waals surface area contributed by atoms with Gasteiger partial charge in [-0.15, -0.1) is 11.3 Å². The average molecular weight is 241 g/mol. The molecular weight excluding hydrogens is 230 g/mol. The number of thiophene rings is 1. The van der Waals surface area contributed by atoms with E-state index in [1.165, 1.54) is 11.3 Å². The predicted octanol–water partition coefficient (Wildman–Crippen LogP) is 3.05. The molecule has 0 unspecified atom stereocenters. The fourth-order valence-corrected chi connectivity index (χ4v) is 1.88. The highest BCUT2D eigenvalue weighted by atomic mass is 32.1. The summed E-state index contributed by atoms with van der Waals surface area (Å²) in [5.41, 5.74) is 0.980. The quantitative estimate of drug-likeness (QED) is 0.781. The van der Waals surface area contributed by atoms with Crippen LogP contribution in [0, 0.1) is 6.92 Å². The molecule has 6 heteroatoms. The van der Waals surface area contributed by atoms with Gasteiger partial charge in [0.15, 0.2) is 0 Å². The van der Waals surface area contributed by atoms with E-state index in [0.717, 1.165) is 10.4 Å². The maximum Gasteiger partial charge on any atom is 0.319 e. The van der Waals surface area contributed by atoms with Crippen molar-refractivity contribution >= 4 is 11.3 Å². The van der Waals surface area contributed by atoms with Crippen molar-refractivity contribution in [2.75, 3.05) is 6.54 Å². The van der Waals surface area contributed by atoms with Crippen molar-refractivity contribution in [1.82, 2.24) is 5.32 Å². The fourth-order valence-electron chi connectivity index (χ4n) is 1.01. The maximum atomic E-state index is 12.5. The third-order valence-electron chi connectivity index (χ3n) is 1.93. The second kappa shape index (κ2) is 4.94. The van der Waals surface area contributed by atoms with Crippen LogP contribution < -0.4 is 5.32 Å². The first-order chi connectivity index (χ1) is 6.93. The zero-order valence-electron chi connectivity index (χ0n) is 8.07. The van der Waals surface area contributed by atoms with Crippen LogP contribution in [0.25, 0.3) is 0 Å². The van der Waals surface area contributed by atoms with Gasteiger partial charge in [0.1, 0.15) is 0 Å². The highest BCUT2D eigenvalue weighted by Crippen LogP contribution is 2.22. The molecule has 15 heavy (non-hydrogen) atoms. The van der Waals surface area contributed by atoms with Crippen molar-refractivity contribution in [3.8, 4) is 0 Å². The van der Waals surface area contributed by atoms with Gasteiger partial charge >= 0.3 is 12.3 Å². The molecule has 1 nitrogen and oxygen atoms in total. The topological polar surface area (TPSA) is 12.0 Å². The fraction of sp³-hybridized carbons (Fsp3) is 0.556. The van der Waals surface area contributed by atoms with Crippen molar-refractivity contribution in [1.29, 1.82) is 0 Å². The van der Waals surface area contributed by atoms with E-state index in [9.17, 15) is 17.6 Å². The van der Waals surface area contributed by atoms with Crippen LogP contribution in [0.15, 0.2) is 11.4 Å². The zero-order chi connectivity index (χ0) is 11.5. The van der Waals surface area contributed by atoms with E-state index in [0.29, 0.717) is 0 Å². The molecule has 0 saturated heterocycles. The van der Waals surface area contributed by atoms with Gasteiger partial charge in [-0.2, -0.15) is 8.78 Å². The van der Waals surface area contributed by atoms with E-state index < -0.39 is 18.9 Å². The molecule has 0 fully saturated rings. The summed E-state index contributed by atoms with van der Waals surface area (Å²) in [4.78, 5) is 0.889. The second-order valence-electron chi connectivity index (χ2n) is 3.19. The van der Waals surface area contributed by atoms with Crippen LogP contribution in [0.5, 0.6) is 0 Å². The molecule has 1 N–H and O–H groups in total. The minimum absolute atomic E-state index is 0.200. The molecule has 0 amide bonds. The lowest BCUT2D eigenvalue weighted by Gasteiger charge is -2.15. The first-order valence-electron chi connectivity index (χ1n) is 4.33. The third-order valence-corrected chi connectivity index (χ3v) is 2.96. The van der Waals surface area contributed by atoms with Crippen LogP contribution >= 0.6 is 11.3 Å². The van der Waals surface area contributed by atoms with Crippen molar-refractivity contribution in [3.63, 3.8) is 0 Å². The summed E-state index contributed by atoms with van der Waals surface area (Å²) in [6, 6.07) is 1.85. The predicted molar refractivity (Wildman–Crippen MR) is 51.7 cm³/mol. The molecule has 0 aromatic carbocycles. The van der Waals surface area contributed by atoms with Gasteiger partial charge in [-0.05, 0) is 23.9 Å². The summed E-state index contributed by atoms with van der Waals surface area (Å²) < 4.78 is 48.5. The Morgan fingerprint density at radius 1 is 1.47 bits per heavy atom. The Balaban J connectivity index is 2.37. The standard InChI is InChI=1S/C9H11F4NS/c1-6-2-3-15-7(6)4-14-5-9(12,13)8(10)11/h2-3,8,14H,4-5H2,1H3. The molecule has 1 rings (SSSR count). The van der Waals surface area contributed by atoms with Crippen molar-refractivity contribution in [3.05, 3.63) is 21.9 Å². The number of rotatable bonds is 5. The van der Waals surface area contributed by atoms with Crippen LogP contribution in [0.1, 0.15) is 10.4 Å². The number of nitrogens with one attached hydrogen (secondary N) is 1. The maximum absolute atomic E-state index is 12.5. The van der Waals surface area contributed by atoms with Crippen molar-refractivity contribution in [2.24, 2.45) is 0 Å². The Bertz CT molecular complexity index is 311. The normalized spacial score (nSPS) is 12.4. The molecule has 0 spiro atoms. The van der Waals surface area contributed by atoms with Crippen molar-refractivity contribution in [2.45, 2.75) is 25.8 Å². The summed E-state index contributed by atoms with van der Waals surface area (Å²) in [7, 11) is 0. The van der Waals surface area contributed by atoms with Gasteiger partial charge in [0.05, 0.1) is 6.54 Å². The Morgan fingerprint density at radius 3 is 2.60 bits per heavy atom. The molecule has 0 radical (unpaired) electrons. The molecule has 86 valence electrons. The molecule has 0 bridgehead atoms. The Morgan fingerprint density at radius 2 is 2.13 bits per heavy atom. The van der Waals surface area contributed by atoms with Crippen LogP contribution in [0.4, 0.5) is 17.6 Å². The van der Waals surface area contributed by atoms with Gasteiger partial charge in [-0.1, -0.05) is 0 Å². The monoisotopic (exact) mass is 241 g/mol. The minimum Gasteiger partial charge on any atom is -0.306 e. The average Bonchev–Trinajstić information content (AvgIpc) is 2.51. The van der Waals surface area contributed by atoms with Crippen LogP contribution in [-0.4, -0.2) is 18.9 Å². The Hall–Kier alpha value is -0.620. The Labute approximate surface area is 89.1 Å². The van der Waals surface area contributed by atoms with E-state index >= 15 is 0 Å². The van der Waals surface area contributed by atoms with Crippen molar-refractivity contribution < 1.29 is 17.6 Å². The molecule has 1 heterocycles. The van der Waals surface area contributed by atoms with E-state index in [2.05, 4.69) is 5.32 Å². The second-order valence-corrected chi connectivity index (χ2v) is 4.19. The van der Waals surface area contributed by atoms with Gasteiger partial charge in [0.2, 0.25) is 0 Å². The smallest absolute Gasteiger partial charge is 0.306 e. The zero-order valence-corrected chi connectivity index (χ0v) is 8.88. The Kier molecular flexibility index (Phi) is 4.10. The van der Waals surface area contributed by atoms with Gasteiger partial charge in [-0.25, -0.2) is 8.78 Å². The van der Waals surface area contributed by atoms with E-state index in [1.54, 1.807) is 0 Å². The summed E-state index contributed by atoms with van der Waals surface area (Å²) in [6.45, 7) is 1.05. The molecule has 0 aliphatic heterocycles. The molecule has 1 aromatic rings. The van der Waals surface area contributed by atoms with Gasteiger partial charge < -0.3 is 5.32 Å². The molecule has 0 aliphatic carbocycles. The SMILES string of the molecule is Cc1ccsc1CNCC(F)(F)C(F)F. The minimum atomic E-state index is -3.95. The lowest BCUT2D eigenvalue weighted by molar-refractivity contribution is -0.125. The lowest BCUT2D eigenvalue weighted by atomic mass is 10.3. The van der Waals surface area contributed by atoms with Crippen LogP contribution in [0.3, 0.4) is 0 Å². The summed E-state index contributed by atoms with van der Waals surface area (Å²) in [5, 5.41) is 4.16. The lowest BCUT2D eigenvalue weighted by Crippen LogP contribution is -2.38. The highest BCUT2D eigenvalue weighted by molar-refractivity contribution is 7.10. The molecule has 0 saturated carbocycles. The first kappa shape index (κ1) is 12.4. The van der Waals surface area contributed by atoms with E-state index in [4.69, 9.17) is 0 Å². The number of hydrogen-bond donors (Lipinski definition) is 1. The van der Waals surface area contributed by atoms with Gasteiger partial charge in [0, 0.05) is 11.4 Å². The number of hydrogen-bond acceptors (Lipinski definition) is 2. The van der Waals surface area contributed by atoms with Crippen LogP contribution in [-0.2, 0) is 6.54 Å². The largest absolute Gasteiger partial charge is 0.319 e. The summed E-state index contributed by atoms with van der Waals surface area (Å²) in [5.74, 6) is -3.95. The summed E-state index contributed by atoms with van der Waals surface area (Å²) in [6.07, 6.45) is -3.62. The van der Waals surface area contributed by atoms with E-state index in [-0.39, 0.29) is 6.54 Å². The summed E-state index contributed by atoms with van der Waals surface area (Å²) >= 11 is 1.41. The number of halogens is 4. The van der Waals surface area contributed by atoms with E-state index in [1.807, 2.05) is 18.4 Å². The third kappa shape index (κ3) is 3.46. The number of alkyl halides is 4.